The molecule has 0 spiro atoms. The topological polar surface area (TPSA) is 78.9 Å². The molecule has 0 aliphatic carbocycles. The highest BCUT2D eigenvalue weighted by molar-refractivity contribution is 5.71. The fourth-order valence-corrected chi connectivity index (χ4v) is 7.05. The number of carbonyl (C=O) groups excluding carboxylic acids is 3. The molecule has 0 radical (unpaired) electrons. The highest BCUT2D eigenvalue weighted by Crippen LogP contribution is 2.14. The van der Waals surface area contributed by atoms with E-state index in [1.165, 1.54) is 135 Å². The van der Waals surface area contributed by atoms with Gasteiger partial charge in [0.15, 0.2) is 6.10 Å². The van der Waals surface area contributed by atoms with Gasteiger partial charge in [-0.25, -0.2) is 0 Å². The lowest BCUT2D eigenvalue weighted by atomic mass is 10.1. The Bertz CT molecular complexity index is 984. The summed E-state index contributed by atoms with van der Waals surface area (Å²) in [6.07, 6.45) is 54.1. The van der Waals surface area contributed by atoms with Crippen LogP contribution in [-0.4, -0.2) is 37.2 Å². The molecular weight excluding hydrogens is 721 g/mol. The van der Waals surface area contributed by atoms with Crippen LogP contribution in [0.3, 0.4) is 0 Å². The third-order valence-electron chi connectivity index (χ3n) is 10.9. The Balaban J connectivity index is 4.32. The summed E-state index contributed by atoms with van der Waals surface area (Å²) in [7, 11) is 0. The van der Waals surface area contributed by atoms with E-state index in [4.69, 9.17) is 14.2 Å². The second-order valence-electron chi connectivity index (χ2n) is 16.7. The van der Waals surface area contributed by atoms with Gasteiger partial charge in [-0.05, 0) is 77.0 Å². The van der Waals surface area contributed by atoms with Crippen LogP contribution in [-0.2, 0) is 28.6 Å². The van der Waals surface area contributed by atoms with Crippen LogP contribution in [0.15, 0.2) is 36.5 Å². The number of allylic oxidation sites excluding steroid dienone is 6. The van der Waals surface area contributed by atoms with Gasteiger partial charge >= 0.3 is 17.9 Å². The van der Waals surface area contributed by atoms with Crippen molar-refractivity contribution in [1.82, 2.24) is 0 Å². The van der Waals surface area contributed by atoms with E-state index in [2.05, 4.69) is 57.2 Å². The van der Waals surface area contributed by atoms with Crippen molar-refractivity contribution in [3.63, 3.8) is 0 Å². The molecule has 0 rings (SSSR count). The zero-order valence-electron chi connectivity index (χ0n) is 38.6. The van der Waals surface area contributed by atoms with Crippen molar-refractivity contribution < 1.29 is 28.6 Å². The second-order valence-corrected chi connectivity index (χ2v) is 16.7. The van der Waals surface area contributed by atoms with E-state index in [-0.39, 0.29) is 31.1 Å². The predicted octanol–water partition coefficient (Wildman–Crippen LogP) is 16.1. The van der Waals surface area contributed by atoms with Gasteiger partial charge in [-0.3, -0.25) is 14.4 Å². The Morgan fingerprint density at radius 1 is 0.345 bits per heavy atom. The highest BCUT2D eigenvalue weighted by Gasteiger charge is 2.19. The van der Waals surface area contributed by atoms with Crippen LogP contribution in [0.5, 0.6) is 0 Å². The molecule has 1 atom stereocenters. The Labute approximate surface area is 359 Å². The monoisotopic (exact) mass is 815 g/mol. The molecule has 0 aromatic rings. The molecule has 0 fully saturated rings. The number of unbranched alkanes of at least 4 members (excludes halogenated alkanes) is 28. The van der Waals surface area contributed by atoms with Crippen LogP contribution in [0, 0.1) is 0 Å². The molecule has 1 unspecified atom stereocenters. The van der Waals surface area contributed by atoms with Gasteiger partial charge in [-0.15, -0.1) is 0 Å². The molecule has 0 bridgehead atoms. The largest absolute Gasteiger partial charge is 0.462 e. The van der Waals surface area contributed by atoms with Crippen molar-refractivity contribution >= 4 is 17.9 Å². The van der Waals surface area contributed by atoms with Crippen molar-refractivity contribution in [2.75, 3.05) is 13.2 Å². The summed E-state index contributed by atoms with van der Waals surface area (Å²) in [4.78, 5) is 37.8. The van der Waals surface area contributed by atoms with Crippen molar-refractivity contribution in [2.24, 2.45) is 0 Å². The molecule has 0 aliphatic heterocycles. The first-order valence-corrected chi connectivity index (χ1v) is 25.0. The van der Waals surface area contributed by atoms with Crippen molar-refractivity contribution in [2.45, 2.75) is 264 Å². The van der Waals surface area contributed by atoms with Crippen LogP contribution >= 0.6 is 0 Å². The molecule has 0 aliphatic rings. The number of carbonyl (C=O) groups is 3. The van der Waals surface area contributed by atoms with E-state index in [0.717, 1.165) is 83.5 Å². The van der Waals surface area contributed by atoms with Crippen LogP contribution in [0.4, 0.5) is 0 Å². The lowest BCUT2D eigenvalue weighted by molar-refractivity contribution is -0.167. The summed E-state index contributed by atoms with van der Waals surface area (Å²) < 4.78 is 16.7. The minimum atomic E-state index is -0.774. The number of ether oxygens (including phenoxy) is 3. The van der Waals surface area contributed by atoms with Crippen molar-refractivity contribution in [3.8, 4) is 0 Å². The number of rotatable bonds is 45. The molecular formula is C52H94O6. The molecule has 6 nitrogen and oxygen atoms in total. The van der Waals surface area contributed by atoms with Crippen LogP contribution in [0.2, 0.25) is 0 Å². The number of esters is 3. The fourth-order valence-electron chi connectivity index (χ4n) is 7.05. The number of hydrogen-bond acceptors (Lipinski definition) is 6. The molecule has 0 aromatic carbocycles. The maximum Gasteiger partial charge on any atom is 0.306 e. The van der Waals surface area contributed by atoms with Crippen LogP contribution in [0.1, 0.15) is 258 Å². The standard InChI is InChI=1S/C52H94O6/c1-4-7-10-13-16-19-22-24-25-26-27-28-29-31-33-36-39-42-45-51(54)57-48-49(47-56-50(53)44-41-38-35-32-21-18-15-12-9-6-3)58-52(55)46-43-40-37-34-30-23-20-17-14-11-8-5-2/h17,19-20,22,25-26,49H,4-16,18,21,23-24,27-48H2,1-3H3/b20-17-,22-19-,26-25-. The van der Waals surface area contributed by atoms with Gasteiger partial charge in [-0.1, -0.05) is 198 Å². The summed E-state index contributed by atoms with van der Waals surface area (Å²) in [5.74, 6) is -0.888. The second kappa shape index (κ2) is 47.3. The van der Waals surface area contributed by atoms with Crippen molar-refractivity contribution in [1.29, 1.82) is 0 Å². The number of hydrogen-bond donors (Lipinski definition) is 0. The fraction of sp³-hybridized carbons (Fsp3) is 0.827. The van der Waals surface area contributed by atoms with Crippen LogP contribution in [0.25, 0.3) is 0 Å². The van der Waals surface area contributed by atoms with Crippen LogP contribution < -0.4 is 0 Å². The first-order valence-electron chi connectivity index (χ1n) is 25.0. The summed E-state index contributed by atoms with van der Waals surface area (Å²) >= 11 is 0. The molecule has 0 amide bonds. The summed E-state index contributed by atoms with van der Waals surface area (Å²) in [5.41, 5.74) is 0. The molecule has 338 valence electrons. The maximum absolute atomic E-state index is 12.7. The Morgan fingerprint density at radius 3 is 1.02 bits per heavy atom. The Morgan fingerprint density at radius 2 is 0.621 bits per heavy atom. The molecule has 0 N–H and O–H groups in total. The van der Waals surface area contributed by atoms with E-state index in [1.807, 2.05) is 0 Å². The minimum absolute atomic E-state index is 0.0758. The van der Waals surface area contributed by atoms with E-state index in [1.54, 1.807) is 0 Å². The molecule has 0 aromatic heterocycles. The molecule has 6 heteroatoms. The Hall–Kier alpha value is -2.37. The SMILES string of the molecule is CCCCC/C=C\CCCCCCCC(=O)OC(COC(=O)CCCCCCCCC/C=C\C/C=C\CCCCCC)COC(=O)CCCCCCCCCCCC. The average molecular weight is 815 g/mol. The maximum atomic E-state index is 12.7. The summed E-state index contributed by atoms with van der Waals surface area (Å²) in [5, 5.41) is 0. The summed E-state index contributed by atoms with van der Waals surface area (Å²) in [6, 6.07) is 0. The zero-order valence-corrected chi connectivity index (χ0v) is 38.6. The van der Waals surface area contributed by atoms with Crippen molar-refractivity contribution in [3.05, 3.63) is 36.5 Å². The minimum Gasteiger partial charge on any atom is -0.462 e. The highest BCUT2D eigenvalue weighted by atomic mass is 16.6. The third kappa shape index (κ3) is 44.7. The van der Waals surface area contributed by atoms with Gasteiger partial charge in [0.2, 0.25) is 0 Å². The molecule has 0 saturated carbocycles. The van der Waals surface area contributed by atoms with Gasteiger partial charge in [0.05, 0.1) is 0 Å². The van der Waals surface area contributed by atoms with E-state index < -0.39 is 6.10 Å². The summed E-state index contributed by atoms with van der Waals surface area (Å²) in [6.45, 7) is 6.58. The van der Waals surface area contributed by atoms with Gasteiger partial charge in [0.25, 0.3) is 0 Å². The van der Waals surface area contributed by atoms with E-state index in [9.17, 15) is 14.4 Å². The lowest BCUT2D eigenvalue weighted by Crippen LogP contribution is -2.30. The molecule has 0 heterocycles. The first kappa shape index (κ1) is 55.6. The van der Waals surface area contributed by atoms with Gasteiger partial charge in [0.1, 0.15) is 13.2 Å². The quantitative estimate of drug-likeness (QED) is 0.0264. The van der Waals surface area contributed by atoms with E-state index >= 15 is 0 Å². The van der Waals surface area contributed by atoms with Gasteiger partial charge in [-0.2, -0.15) is 0 Å². The van der Waals surface area contributed by atoms with Gasteiger partial charge < -0.3 is 14.2 Å². The first-order chi connectivity index (χ1) is 28.5. The average Bonchev–Trinajstić information content (AvgIpc) is 3.22. The lowest BCUT2D eigenvalue weighted by Gasteiger charge is -2.18. The zero-order chi connectivity index (χ0) is 42.3. The van der Waals surface area contributed by atoms with E-state index in [0.29, 0.717) is 19.3 Å². The smallest absolute Gasteiger partial charge is 0.306 e. The van der Waals surface area contributed by atoms with Gasteiger partial charge in [0, 0.05) is 19.3 Å². The molecule has 58 heavy (non-hydrogen) atoms. The third-order valence-corrected chi connectivity index (χ3v) is 10.9. The normalized spacial score (nSPS) is 12.3. The Kier molecular flexibility index (Phi) is 45.4. The molecule has 0 saturated heterocycles. The predicted molar refractivity (Wildman–Crippen MR) is 247 cm³/mol.